The summed E-state index contributed by atoms with van der Waals surface area (Å²) in [4.78, 5) is 12.7. The molecule has 6 heteroatoms. The molecule has 0 unspecified atom stereocenters. The highest BCUT2D eigenvalue weighted by Crippen LogP contribution is 2.42. The smallest absolute Gasteiger partial charge is 0.251 e. The molecule has 148 valence electrons. The lowest BCUT2D eigenvalue weighted by atomic mass is 9.96. The highest BCUT2D eigenvalue weighted by Gasteiger charge is 2.60. The Morgan fingerprint density at radius 3 is 2.46 bits per heavy atom. The normalized spacial score (nSPS) is 28.1. The molecule has 2 aliphatic heterocycles. The number of hydrogen-bond donors (Lipinski definition) is 2. The number of hydrogen-bond acceptors (Lipinski definition) is 5. The highest BCUT2D eigenvalue weighted by molar-refractivity contribution is 5.94. The second-order valence-electron chi connectivity index (χ2n) is 7.82. The van der Waals surface area contributed by atoms with Gasteiger partial charge < -0.3 is 25.3 Å². The summed E-state index contributed by atoms with van der Waals surface area (Å²) >= 11 is 0. The van der Waals surface area contributed by atoms with Crippen molar-refractivity contribution in [3.63, 3.8) is 0 Å². The molecule has 0 aliphatic carbocycles. The van der Waals surface area contributed by atoms with E-state index < -0.39 is 11.4 Å². The molecular formula is C22H26N2O4. The third kappa shape index (κ3) is 3.56. The Labute approximate surface area is 165 Å². The molecule has 2 saturated heterocycles. The van der Waals surface area contributed by atoms with Gasteiger partial charge in [-0.2, -0.15) is 0 Å². The van der Waals surface area contributed by atoms with Gasteiger partial charge in [0.1, 0.15) is 11.7 Å². The molecule has 0 saturated carbocycles. The molecule has 3 atom stereocenters. The number of carbonyl (C=O) groups excluding carboxylic acids is 1. The molecule has 6 nitrogen and oxygen atoms in total. The SMILES string of the molecule is CC1(C)O[C@@H]2[C@@H](CN)OC[C@]2(CNC(=O)c2ccc(-c3ccccc3)cc2)O1. The van der Waals surface area contributed by atoms with E-state index in [1.54, 1.807) is 0 Å². The number of ether oxygens (including phenoxy) is 3. The fraction of sp³-hybridized carbons (Fsp3) is 0.409. The van der Waals surface area contributed by atoms with Gasteiger partial charge in [-0.1, -0.05) is 42.5 Å². The minimum atomic E-state index is -0.732. The van der Waals surface area contributed by atoms with E-state index in [1.165, 1.54) is 0 Å². The Hall–Kier alpha value is -2.25. The van der Waals surface area contributed by atoms with E-state index in [0.717, 1.165) is 11.1 Å². The summed E-state index contributed by atoms with van der Waals surface area (Å²) in [7, 11) is 0. The van der Waals surface area contributed by atoms with Gasteiger partial charge in [0, 0.05) is 12.1 Å². The maximum atomic E-state index is 12.7. The molecule has 28 heavy (non-hydrogen) atoms. The molecule has 2 fully saturated rings. The Morgan fingerprint density at radius 2 is 1.79 bits per heavy atom. The van der Waals surface area contributed by atoms with E-state index in [4.69, 9.17) is 19.9 Å². The van der Waals surface area contributed by atoms with E-state index >= 15 is 0 Å². The highest BCUT2D eigenvalue weighted by atomic mass is 16.8. The van der Waals surface area contributed by atoms with Crippen molar-refractivity contribution in [3.8, 4) is 11.1 Å². The number of benzene rings is 2. The number of nitrogens with one attached hydrogen (secondary N) is 1. The molecule has 3 N–H and O–H groups in total. The zero-order chi connectivity index (χ0) is 19.8. The summed E-state index contributed by atoms with van der Waals surface area (Å²) in [5.41, 5.74) is 7.87. The van der Waals surface area contributed by atoms with Crippen molar-refractivity contribution in [1.82, 2.24) is 5.32 Å². The third-order valence-electron chi connectivity index (χ3n) is 5.29. The van der Waals surface area contributed by atoms with Crippen LogP contribution in [0.3, 0.4) is 0 Å². The van der Waals surface area contributed by atoms with Crippen LogP contribution in [0.4, 0.5) is 0 Å². The summed E-state index contributed by atoms with van der Waals surface area (Å²) in [5, 5.41) is 2.98. The molecule has 2 heterocycles. The summed E-state index contributed by atoms with van der Waals surface area (Å²) in [5.74, 6) is -0.888. The Morgan fingerprint density at radius 1 is 1.11 bits per heavy atom. The number of nitrogens with two attached hydrogens (primary N) is 1. The first-order chi connectivity index (χ1) is 13.4. The summed E-state index contributed by atoms with van der Waals surface area (Å²) < 4.78 is 17.9. The summed E-state index contributed by atoms with van der Waals surface area (Å²) in [6, 6.07) is 17.6. The van der Waals surface area contributed by atoms with Crippen LogP contribution in [-0.2, 0) is 14.2 Å². The largest absolute Gasteiger partial charge is 0.371 e. The van der Waals surface area contributed by atoms with Crippen LogP contribution >= 0.6 is 0 Å². The monoisotopic (exact) mass is 382 g/mol. The van der Waals surface area contributed by atoms with Crippen LogP contribution in [-0.4, -0.2) is 49.2 Å². The van der Waals surface area contributed by atoms with Gasteiger partial charge >= 0.3 is 0 Å². The quantitative estimate of drug-likeness (QED) is 0.829. The van der Waals surface area contributed by atoms with Crippen molar-refractivity contribution < 1.29 is 19.0 Å². The molecule has 2 aromatic rings. The van der Waals surface area contributed by atoms with E-state index in [9.17, 15) is 4.79 Å². The molecule has 0 aromatic heterocycles. The van der Waals surface area contributed by atoms with E-state index in [2.05, 4.69) is 5.32 Å². The maximum Gasteiger partial charge on any atom is 0.251 e. The van der Waals surface area contributed by atoms with Crippen molar-refractivity contribution in [2.45, 2.75) is 37.4 Å². The van der Waals surface area contributed by atoms with Crippen molar-refractivity contribution in [2.75, 3.05) is 19.7 Å². The fourth-order valence-corrected chi connectivity index (χ4v) is 4.00. The molecule has 2 aliphatic rings. The molecule has 2 aromatic carbocycles. The van der Waals surface area contributed by atoms with E-state index in [0.29, 0.717) is 25.3 Å². The van der Waals surface area contributed by atoms with Crippen LogP contribution in [0.2, 0.25) is 0 Å². The minimum absolute atomic E-state index is 0.155. The van der Waals surface area contributed by atoms with Crippen LogP contribution in [0.15, 0.2) is 54.6 Å². The van der Waals surface area contributed by atoms with Gasteiger partial charge in [-0.3, -0.25) is 4.79 Å². The lowest BCUT2D eigenvalue weighted by molar-refractivity contribution is -0.188. The van der Waals surface area contributed by atoms with Gasteiger partial charge in [0.25, 0.3) is 5.91 Å². The summed E-state index contributed by atoms with van der Waals surface area (Å²) in [6.45, 7) is 4.73. The molecule has 0 radical (unpaired) electrons. The fourth-order valence-electron chi connectivity index (χ4n) is 4.00. The van der Waals surface area contributed by atoms with Crippen molar-refractivity contribution in [1.29, 1.82) is 0 Å². The third-order valence-corrected chi connectivity index (χ3v) is 5.29. The first-order valence-corrected chi connectivity index (χ1v) is 9.56. The average molecular weight is 382 g/mol. The predicted molar refractivity (Wildman–Crippen MR) is 106 cm³/mol. The van der Waals surface area contributed by atoms with Crippen molar-refractivity contribution in [3.05, 3.63) is 60.2 Å². The first kappa shape index (κ1) is 19.1. The first-order valence-electron chi connectivity index (χ1n) is 9.56. The zero-order valence-electron chi connectivity index (χ0n) is 16.2. The predicted octanol–water partition coefficient (Wildman–Crippen LogP) is 2.33. The number of fused-ring (bicyclic) bond motifs is 1. The second-order valence-corrected chi connectivity index (χ2v) is 7.82. The van der Waals surface area contributed by atoms with Crippen LogP contribution in [0.1, 0.15) is 24.2 Å². The van der Waals surface area contributed by atoms with Crippen LogP contribution in [0.5, 0.6) is 0 Å². The van der Waals surface area contributed by atoms with E-state index in [1.807, 2.05) is 68.4 Å². The zero-order valence-corrected chi connectivity index (χ0v) is 16.2. The molecule has 4 rings (SSSR count). The van der Waals surface area contributed by atoms with Crippen LogP contribution in [0.25, 0.3) is 11.1 Å². The number of rotatable bonds is 5. The lowest BCUT2D eigenvalue weighted by Gasteiger charge is -2.27. The van der Waals surface area contributed by atoms with Crippen molar-refractivity contribution in [2.24, 2.45) is 5.73 Å². The second kappa shape index (κ2) is 7.29. The van der Waals surface area contributed by atoms with Gasteiger partial charge in [0.05, 0.1) is 19.3 Å². The average Bonchev–Trinajstić information content (AvgIpc) is 3.16. The minimum Gasteiger partial charge on any atom is -0.371 e. The maximum absolute atomic E-state index is 12.7. The molecular weight excluding hydrogens is 356 g/mol. The van der Waals surface area contributed by atoms with E-state index in [-0.39, 0.29) is 18.1 Å². The van der Waals surface area contributed by atoms with Crippen LogP contribution in [0, 0.1) is 0 Å². The van der Waals surface area contributed by atoms with Crippen molar-refractivity contribution >= 4 is 5.91 Å². The van der Waals surface area contributed by atoms with Gasteiger partial charge in [-0.15, -0.1) is 0 Å². The topological polar surface area (TPSA) is 82.8 Å². The lowest BCUT2D eigenvalue weighted by Crippen LogP contribution is -2.51. The molecule has 1 amide bonds. The number of amides is 1. The van der Waals surface area contributed by atoms with Gasteiger partial charge in [-0.25, -0.2) is 0 Å². The molecule has 0 bridgehead atoms. The Bertz CT molecular complexity index is 837. The molecule has 0 spiro atoms. The van der Waals surface area contributed by atoms with Crippen LogP contribution < -0.4 is 11.1 Å². The Kier molecular flexibility index (Phi) is 4.97. The van der Waals surface area contributed by atoms with Gasteiger partial charge in [-0.05, 0) is 37.1 Å². The number of carbonyl (C=O) groups is 1. The summed E-state index contributed by atoms with van der Waals surface area (Å²) in [6.07, 6.45) is -0.530. The standard InChI is InChI=1S/C22H26N2O4/c1-21(2)27-19-18(12-23)26-14-22(19,28-21)13-24-20(25)17-10-8-16(9-11-17)15-6-4-3-5-7-15/h3-11,18-19H,12-14,23H2,1-2H3,(H,24,25)/t18-,19-,22+/m1/s1. The Balaban J connectivity index is 1.44. The van der Waals surface area contributed by atoms with Gasteiger partial charge in [0.15, 0.2) is 5.79 Å². The van der Waals surface area contributed by atoms with Gasteiger partial charge in [0.2, 0.25) is 0 Å².